The van der Waals surface area contributed by atoms with E-state index in [1.807, 2.05) is 6.07 Å². The molecule has 17 heavy (non-hydrogen) atoms. The molecule has 0 amide bonds. The van der Waals surface area contributed by atoms with Crippen LogP contribution in [0.3, 0.4) is 0 Å². The van der Waals surface area contributed by atoms with Gasteiger partial charge in [-0.1, -0.05) is 19.1 Å². The molecule has 2 N–H and O–H groups in total. The molecule has 0 aromatic heterocycles. The Morgan fingerprint density at radius 1 is 1.41 bits per heavy atom. The standard InChI is InChI=1S/C13H19BrFNO/c1-2-7-17-8-6-11(16)9-10-4-3-5-12(15)13(10)14/h3-5,11H,2,6-9,16H2,1H3. The SMILES string of the molecule is CCCOCCC(N)Cc1cccc(F)c1Br. The zero-order valence-corrected chi connectivity index (χ0v) is 11.7. The molecule has 0 spiro atoms. The Labute approximate surface area is 110 Å². The van der Waals surface area contributed by atoms with Gasteiger partial charge in [-0.15, -0.1) is 0 Å². The molecule has 0 radical (unpaired) electrons. The van der Waals surface area contributed by atoms with E-state index < -0.39 is 0 Å². The quantitative estimate of drug-likeness (QED) is 0.785. The summed E-state index contributed by atoms with van der Waals surface area (Å²) < 4.78 is 19.2. The Balaban J connectivity index is 2.39. The Kier molecular flexibility index (Phi) is 6.70. The molecule has 0 aliphatic heterocycles. The number of ether oxygens (including phenoxy) is 1. The van der Waals surface area contributed by atoms with Gasteiger partial charge in [0.15, 0.2) is 0 Å². The van der Waals surface area contributed by atoms with Crippen LogP contribution in [0.25, 0.3) is 0 Å². The van der Waals surface area contributed by atoms with Gasteiger partial charge >= 0.3 is 0 Å². The van der Waals surface area contributed by atoms with Gasteiger partial charge in [0.1, 0.15) is 5.82 Å². The first-order chi connectivity index (χ1) is 8.15. The summed E-state index contributed by atoms with van der Waals surface area (Å²) in [6, 6.07) is 5.03. The van der Waals surface area contributed by atoms with Crippen LogP contribution in [0.5, 0.6) is 0 Å². The molecule has 1 aromatic carbocycles. The van der Waals surface area contributed by atoms with E-state index in [0.717, 1.165) is 25.0 Å². The van der Waals surface area contributed by atoms with Crippen LogP contribution in [0.15, 0.2) is 22.7 Å². The lowest BCUT2D eigenvalue weighted by Crippen LogP contribution is -2.25. The largest absolute Gasteiger partial charge is 0.381 e. The summed E-state index contributed by atoms with van der Waals surface area (Å²) in [7, 11) is 0. The van der Waals surface area contributed by atoms with E-state index in [9.17, 15) is 4.39 Å². The summed E-state index contributed by atoms with van der Waals surface area (Å²) in [4.78, 5) is 0. The lowest BCUT2D eigenvalue weighted by atomic mass is 10.0. The predicted molar refractivity (Wildman–Crippen MR) is 71.5 cm³/mol. The Morgan fingerprint density at radius 3 is 2.88 bits per heavy atom. The lowest BCUT2D eigenvalue weighted by molar-refractivity contribution is 0.127. The van der Waals surface area contributed by atoms with Crippen molar-refractivity contribution in [2.45, 2.75) is 32.2 Å². The predicted octanol–water partition coefficient (Wildman–Crippen LogP) is 3.27. The molecule has 2 nitrogen and oxygen atoms in total. The second kappa shape index (κ2) is 7.80. The van der Waals surface area contributed by atoms with Gasteiger partial charge < -0.3 is 10.5 Å². The van der Waals surface area contributed by atoms with Crippen molar-refractivity contribution in [2.75, 3.05) is 13.2 Å². The van der Waals surface area contributed by atoms with E-state index >= 15 is 0 Å². The van der Waals surface area contributed by atoms with Crippen molar-refractivity contribution in [3.05, 3.63) is 34.1 Å². The molecule has 0 aliphatic rings. The Bertz CT molecular complexity index is 346. The monoisotopic (exact) mass is 303 g/mol. The maximum Gasteiger partial charge on any atom is 0.137 e. The topological polar surface area (TPSA) is 35.2 Å². The van der Waals surface area contributed by atoms with Crippen LogP contribution in [0.4, 0.5) is 4.39 Å². The van der Waals surface area contributed by atoms with Crippen LogP contribution in [0.1, 0.15) is 25.3 Å². The molecular weight excluding hydrogens is 285 g/mol. The third kappa shape index (κ3) is 5.15. The summed E-state index contributed by atoms with van der Waals surface area (Å²) in [5, 5.41) is 0. The van der Waals surface area contributed by atoms with Crippen LogP contribution < -0.4 is 5.73 Å². The van der Waals surface area contributed by atoms with Gasteiger partial charge in [0, 0.05) is 19.3 Å². The number of hydrogen-bond acceptors (Lipinski definition) is 2. The maximum atomic E-state index is 13.3. The normalized spacial score (nSPS) is 12.7. The molecule has 0 saturated heterocycles. The molecule has 0 heterocycles. The smallest absolute Gasteiger partial charge is 0.137 e. The van der Waals surface area contributed by atoms with E-state index in [4.69, 9.17) is 10.5 Å². The molecule has 1 rings (SSSR count). The summed E-state index contributed by atoms with van der Waals surface area (Å²) in [5.74, 6) is -0.239. The fraction of sp³-hybridized carbons (Fsp3) is 0.538. The van der Waals surface area contributed by atoms with E-state index in [-0.39, 0.29) is 11.9 Å². The lowest BCUT2D eigenvalue weighted by Gasteiger charge is -2.13. The third-order valence-corrected chi connectivity index (χ3v) is 3.38. The van der Waals surface area contributed by atoms with E-state index in [0.29, 0.717) is 17.5 Å². The minimum atomic E-state index is -0.239. The van der Waals surface area contributed by atoms with E-state index in [2.05, 4.69) is 22.9 Å². The van der Waals surface area contributed by atoms with E-state index in [1.54, 1.807) is 6.07 Å². The highest BCUT2D eigenvalue weighted by Crippen LogP contribution is 2.21. The second-order valence-electron chi connectivity index (χ2n) is 4.08. The van der Waals surface area contributed by atoms with Gasteiger partial charge in [0.05, 0.1) is 4.47 Å². The number of hydrogen-bond donors (Lipinski definition) is 1. The zero-order valence-electron chi connectivity index (χ0n) is 10.1. The molecule has 0 fully saturated rings. The van der Waals surface area contributed by atoms with Gasteiger partial charge in [-0.25, -0.2) is 4.39 Å². The van der Waals surface area contributed by atoms with Crippen LogP contribution in [-0.2, 0) is 11.2 Å². The summed E-state index contributed by atoms with van der Waals surface area (Å²) in [6.45, 7) is 3.52. The first-order valence-electron chi connectivity index (χ1n) is 5.91. The van der Waals surface area contributed by atoms with Crippen molar-refractivity contribution in [1.29, 1.82) is 0 Å². The molecule has 1 aromatic rings. The highest BCUT2D eigenvalue weighted by molar-refractivity contribution is 9.10. The fourth-order valence-corrected chi connectivity index (χ4v) is 2.00. The summed E-state index contributed by atoms with van der Waals surface area (Å²) >= 11 is 3.24. The van der Waals surface area contributed by atoms with Gasteiger partial charge in [-0.3, -0.25) is 0 Å². The minimum Gasteiger partial charge on any atom is -0.381 e. The van der Waals surface area contributed by atoms with Crippen LogP contribution >= 0.6 is 15.9 Å². The molecule has 96 valence electrons. The minimum absolute atomic E-state index is 0.00459. The molecule has 0 saturated carbocycles. The Hall–Kier alpha value is -0.450. The molecule has 4 heteroatoms. The number of rotatable bonds is 7. The molecule has 1 atom stereocenters. The third-order valence-electron chi connectivity index (χ3n) is 2.50. The maximum absolute atomic E-state index is 13.3. The van der Waals surface area contributed by atoms with Gasteiger partial charge in [0.2, 0.25) is 0 Å². The second-order valence-corrected chi connectivity index (χ2v) is 4.87. The fourth-order valence-electron chi connectivity index (χ4n) is 1.57. The molecular formula is C13H19BrFNO. The first-order valence-corrected chi connectivity index (χ1v) is 6.70. The van der Waals surface area contributed by atoms with Gasteiger partial charge in [-0.2, -0.15) is 0 Å². The van der Waals surface area contributed by atoms with E-state index in [1.165, 1.54) is 6.07 Å². The van der Waals surface area contributed by atoms with Crippen LogP contribution in [0.2, 0.25) is 0 Å². The Morgan fingerprint density at radius 2 is 2.18 bits per heavy atom. The average molecular weight is 304 g/mol. The highest BCUT2D eigenvalue weighted by Gasteiger charge is 2.09. The first kappa shape index (κ1) is 14.6. The van der Waals surface area contributed by atoms with Crippen molar-refractivity contribution < 1.29 is 9.13 Å². The number of benzene rings is 1. The van der Waals surface area contributed by atoms with Crippen molar-refractivity contribution in [2.24, 2.45) is 5.73 Å². The van der Waals surface area contributed by atoms with Crippen molar-refractivity contribution >= 4 is 15.9 Å². The zero-order chi connectivity index (χ0) is 12.7. The summed E-state index contributed by atoms with van der Waals surface area (Å²) in [6.07, 6.45) is 2.47. The van der Waals surface area contributed by atoms with Crippen molar-refractivity contribution in [3.8, 4) is 0 Å². The average Bonchev–Trinajstić information content (AvgIpc) is 2.31. The van der Waals surface area contributed by atoms with Crippen molar-refractivity contribution in [1.82, 2.24) is 0 Å². The van der Waals surface area contributed by atoms with Crippen LogP contribution in [0, 0.1) is 5.82 Å². The number of halogens is 2. The van der Waals surface area contributed by atoms with Gasteiger partial charge in [-0.05, 0) is 46.8 Å². The number of nitrogens with two attached hydrogens (primary N) is 1. The molecule has 0 bridgehead atoms. The molecule has 0 aliphatic carbocycles. The van der Waals surface area contributed by atoms with Crippen molar-refractivity contribution in [3.63, 3.8) is 0 Å². The van der Waals surface area contributed by atoms with Gasteiger partial charge in [0.25, 0.3) is 0 Å². The molecule has 1 unspecified atom stereocenters. The highest BCUT2D eigenvalue weighted by atomic mass is 79.9. The summed E-state index contributed by atoms with van der Waals surface area (Å²) in [5.41, 5.74) is 6.89. The van der Waals surface area contributed by atoms with Crippen LogP contribution in [-0.4, -0.2) is 19.3 Å².